The predicted molar refractivity (Wildman–Crippen MR) is 70.8 cm³/mol. The quantitative estimate of drug-likeness (QED) is 0.774. The molecule has 110 valence electrons. The van der Waals surface area contributed by atoms with E-state index in [0.717, 1.165) is 12.8 Å². The van der Waals surface area contributed by atoms with Crippen molar-refractivity contribution in [2.24, 2.45) is 17.3 Å². The summed E-state index contributed by atoms with van der Waals surface area (Å²) in [6.45, 7) is 6.00. The van der Waals surface area contributed by atoms with E-state index >= 15 is 0 Å². The molecular weight excluding hydrogens is 249 g/mol. The molecule has 5 heteroatoms. The highest BCUT2D eigenvalue weighted by Crippen LogP contribution is 2.42. The number of carboxylic acid groups (broad SMARTS) is 1. The standard InChI is InChI=1S/C14H24FNO3/c1-14(2,3)12(11(8-17)16-13(18)19)9-4-6-10(15)7-5-9/h8-12,16H,4-7H2,1-3H3,(H,18,19)/t9?,10?,11?,12-/m1/s1. The van der Waals surface area contributed by atoms with E-state index in [1.165, 1.54) is 0 Å². The number of hydrogen-bond donors (Lipinski definition) is 2. The predicted octanol–water partition coefficient (Wildman–Crippen LogP) is 3.01. The van der Waals surface area contributed by atoms with Gasteiger partial charge in [-0.25, -0.2) is 9.18 Å². The Bertz CT molecular complexity index is 319. The molecule has 1 unspecified atom stereocenters. The smallest absolute Gasteiger partial charge is 0.405 e. The fourth-order valence-electron chi connectivity index (χ4n) is 3.33. The summed E-state index contributed by atoms with van der Waals surface area (Å²) in [4.78, 5) is 22.0. The van der Waals surface area contributed by atoms with Crippen molar-refractivity contribution in [3.05, 3.63) is 0 Å². The monoisotopic (exact) mass is 273 g/mol. The second-order valence-electron chi connectivity index (χ2n) is 6.52. The summed E-state index contributed by atoms with van der Waals surface area (Å²) in [6.07, 6.45) is 1.19. The number of carbonyl (C=O) groups is 2. The number of carbonyl (C=O) groups excluding carboxylic acids is 1. The van der Waals surface area contributed by atoms with Gasteiger partial charge in [-0.1, -0.05) is 20.8 Å². The Kier molecular flexibility index (Phi) is 5.32. The Hall–Kier alpha value is -1.13. The molecule has 0 aromatic heterocycles. The van der Waals surface area contributed by atoms with Crippen molar-refractivity contribution in [2.45, 2.75) is 58.7 Å². The van der Waals surface area contributed by atoms with Crippen LogP contribution < -0.4 is 5.32 Å². The van der Waals surface area contributed by atoms with E-state index in [4.69, 9.17) is 5.11 Å². The minimum absolute atomic E-state index is 0.103. The van der Waals surface area contributed by atoms with E-state index < -0.39 is 18.3 Å². The normalized spacial score (nSPS) is 27.4. The first-order valence-electron chi connectivity index (χ1n) is 6.84. The molecule has 1 aliphatic carbocycles. The Morgan fingerprint density at radius 1 is 1.32 bits per heavy atom. The minimum atomic E-state index is -1.19. The molecule has 2 atom stereocenters. The van der Waals surface area contributed by atoms with Crippen molar-refractivity contribution >= 4 is 12.4 Å². The maximum atomic E-state index is 13.2. The van der Waals surface area contributed by atoms with Crippen molar-refractivity contribution in [1.82, 2.24) is 5.32 Å². The van der Waals surface area contributed by atoms with Crippen molar-refractivity contribution in [2.75, 3.05) is 0 Å². The lowest BCUT2D eigenvalue weighted by Crippen LogP contribution is -2.49. The summed E-state index contributed by atoms with van der Waals surface area (Å²) < 4.78 is 13.2. The molecule has 0 aromatic carbocycles. The first kappa shape index (κ1) is 15.9. The summed E-state index contributed by atoms with van der Waals surface area (Å²) in [5.41, 5.74) is -0.207. The first-order chi connectivity index (χ1) is 8.75. The van der Waals surface area contributed by atoms with Crippen LogP contribution in [0.15, 0.2) is 0 Å². The van der Waals surface area contributed by atoms with Gasteiger partial charge >= 0.3 is 6.09 Å². The maximum absolute atomic E-state index is 13.2. The molecule has 1 fully saturated rings. The van der Waals surface area contributed by atoms with Gasteiger partial charge in [0.15, 0.2) is 0 Å². The Morgan fingerprint density at radius 2 is 1.84 bits per heavy atom. The molecule has 1 rings (SSSR count). The van der Waals surface area contributed by atoms with Crippen LogP contribution >= 0.6 is 0 Å². The van der Waals surface area contributed by atoms with Crippen LogP contribution in [0.2, 0.25) is 0 Å². The molecule has 0 radical (unpaired) electrons. The van der Waals surface area contributed by atoms with Gasteiger partial charge in [-0.2, -0.15) is 0 Å². The van der Waals surface area contributed by atoms with Crippen molar-refractivity contribution in [3.63, 3.8) is 0 Å². The van der Waals surface area contributed by atoms with Gasteiger partial charge in [-0.05, 0) is 42.9 Å². The highest BCUT2D eigenvalue weighted by molar-refractivity contribution is 5.71. The van der Waals surface area contributed by atoms with E-state index in [0.29, 0.717) is 19.1 Å². The molecule has 1 aliphatic rings. The van der Waals surface area contributed by atoms with Gasteiger partial charge < -0.3 is 15.2 Å². The van der Waals surface area contributed by atoms with Crippen LogP contribution in [0.25, 0.3) is 0 Å². The third-order valence-corrected chi connectivity index (χ3v) is 4.03. The highest BCUT2D eigenvalue weighted by Gasteiger charge is 2.40. The number of rotatable bonds is 4. The second kappa shape index (κ2) is 6.35. The molecule has 1 amide bonds. The molecule has 0 heterocycles. The van der Waals surface area contributed by atoms with Gasteiger partial charge in [0.1, 0.15) is 12.5 Å². The number of alkyl halides is 1. The van der Waals surface area contributed by atoms with Crippen LogP contribution in [0.3, 0.4) is 0 Å². The molecule has 2 N–H and O–H groups in total. The van der Waals surface area contributed by atoms with Gasteiger partial charge in [0, 0.05) is 0 Å². The van der Waals surface area contributed by atoms with E-state index in [-0.39, 0.29) is 17.3 Å². The zero-order valence-corrected chi connectivity index (χ0v) is 11.9. The number of amides is 1. The van der Waals surface area contributed by atoms with Crippen LogP contribution in [-0.4, -0.2) is 29.7 Å². The lowest BCUT2D eigenvalue weighted by molar-refractivity contribution is -0.112. The molecule has 1 saturated carbocycles. The third-order valence-electron chi connectivity index (χ3n) is 4.03. The van der Waals surface area contributed by atoms with Gasteiger partial charge in [0.2, 0.25) is 0 Å². The SMILES string of the molecule is CC(C)(C)[C@H](C1CCC(F)CC1)C(C=O)NC(=O)O. The molecule has 0 saturated heterocycles. The Labute approximate surface area is 113 Å². The number of nitrogens with one attached hydrogen (secondary N) is 1. The molecule has 19 heavy (non-hydrogen) atoms. The first-order valence-corrected chi connectivity index (χ1v) is 6.84. The van der Waals surface area contributed by atoms with Crippen molar-refractivity contribution < 1.29 is 19.1 Å². The van der Waals surface area contributed by atoms with Crippen molar-refractivity contribution in [3.8, 4) is 0 Å². The topological polar surface area (TPSA) is 66.4 Å². The second-order valence-corrected chi connectivity index (χ2v) is 6.52. The zero-order chi connectivity index (χ0) is 14.6. The Morgan fingerprint density at radius 3 is 2.21 bits per heavy atom. The van der Waals surface area contributed by atoms with Gasteiger partial charge in [-0.15, -0.1) is 0 Å². The summed E-state index contributed by atoms with van der Waals surface area (Å²) in [7, 11) is 0. The van der Waals surface area contributed by atoms with Gasteiger partial charge in [0.25, 0.3) is 0 Å². The highest BCUT2D eigenvalue weighted by atomic mass is 19.1. The van der Waals surface area contributed by atoms with Crippen LogP contribution in [-0.2, 0) is 4.79 Å². The van der Waals surface area contributed by atoms with Crippen LogP contribution in [0.1, 0.15) is 46.5 Å². The molecular formula is C14H24FNO3. The number of halogens is 1. The molecule has 4 nitrogen and oxygen atoms in total. The van der Waals surface area contributed by atoms with E-state index in [2.05, 4.69) is 5.32 Å². The summed E-state index contributed by atoms with van der Waals surface area (Å²) in [6, 6.07) is -0.723. The third kappa shape index (κ3) is 4.48. The van der Waals surface area contributed by atoms with E-state index in [1.54, 1.807) is 0 Å². The lowest BCUT2D eigenvalue weighted by Gasteiger charge is -2.42. The molecule has 0 aromatic rings. The van der Waals surface area contributed by atoms with Gasteiger partial charge in [-0.3, -0.25) is 0 Å². The summed E-state index contributed by atoms with van der Waals surface area (Å²) in [5, 5.41) is 11.1. The van der Waals surface area contributed by atoms with Crippen LogP contribution in [0, 0.1) is 17.3 Å². The maximum Gasteiger partial charge on any atom is 0.405 e. The average Bonchev–Trinajstić information content (AvgIpc) is 2.28. The van der Waals surface area contributed by atoms with E-state index in [1.807, 2.05) is 20.8 Å². The Balaban J connectivity index is 2.87. The van der Waals surface area contributed by atoms with Crippen molar-refractivity contribution in [1.29, 1.82) is 0 Å². The fourth-order valence-corrected chi connectivity index (χ4v) is 3.33. The largest absolute Gasteiger partial charge is 0.465 e. The number of hydrogen-bond acceptors (Lipinski definition) is 2. The average molecular weight is 273 g/mol. The van der Waals surface area contributed by atoms with Crippen LogP contribution in [0.5, 0.6) is 0 Å². The zero-order valence-electron chi connectivity index (χ0n) is 11.9. The molecule has 0 bridgehead atoms. The minimum Gasteiger partial charge on any atom is -0.465 e. The van der Waals surface area contributed by atoms with Gasteiger partial charge in [0.05, 0.1) is 6.04 Å². The fraction of sp³-hybridized carbons (Fsp3) is 0.857. The molecule has 0 aliphatic heterocycles. The summed E-state index contributed by atoms with van der Waals surface area (Å²) in [5.74, 6) is 0.0858. The summed E-state index contributed by atoms with van der Waals surface area (Å²) >= 11 is 0. The van der Waals surface area contributed by atoms with E-state index in [9.17, 15) is 14.0 Å². The molecule has 0 spiro atoms. The van der Waals surface area contributed by atoms with Crippen LogP contribution in [0.4, 0.5) is 9.18 Å². The lowest BCUT2D eigenvalue weighted by atomic mass is 9.65. The number of aldehydes is 1.